The van der Waals surface area contributed by atoms with Crippen LogP contribution in [0.1, 0.15) is 92.6 Å². The molecule has 1 saturated heterocycles. The van der Waals surface area contributed by atoms with Crippen molar-refractivity contribution < 1.29 is 18.8 Å². The van der Waals surface area contributed by atoms with Crippen molar-refractivity contribution in [1.82, 2.24) is 14.8 Å². The maximum Gasteiger partial charge on any atom is 0.494 e. The van der Waals surface area contributed by atoms with E-state index in [0.717, 1.165) is 58.0 Å². The molecule has 212 valence electrons. The predicted molar refractivity (Wildman–Crippen MR) is 159 cm³/mol. The van der Waals surface area contributed by atoms with Crippen molar-refractivity contribution >= 4 is 35.6 Å². The lowest BCUT2D eigenvalue weighted by molar-refractivity contribution is -0.141. The average molecular weight is 563 g/mol. The molecule has 5 rings (SSSR count). The Bertz CT molecular complexity index is 1440. The van der Waals surface area contributed by atoms with Crippen LogP contribution >= 0.6 is 11.3 Å². The summed E-state index contributed by atoms with van der Waals surface area (Å²) in [4.78, 5) is 18.8. The molecular weight excluding hydrogens is 523 g/mol. The monoisotopic (exact) mass is 562 g/mol. The number of carbonyl (C=O) groups is 1. The fourth-order valence-electron chi connectivity index (χ4n) is 5.35. The number of carbonyl (C=O) groups excluding carboxylic acids is 1. The lowest BCUT2D eigenvalue weighted by atomic mass is 9.70. The minimum absolute atomic E-state index is 0.0188. The van der Waals surface area contributed by atoms with Gasteiger partial charge in [0.05, 0.1) is 24.8 Å². The van der Waals surface area contributed by atoms with E-state index in [4.69, 9.17) is 19.0 Å². The van der Waals surface area contributed by atoms with E-state index in [0.29, 0.717) is 12.4 Å². The number of methoxy groups -OCH3 is 1. The number of thiophene rings is 1. The summed E-state index contributed by atoms with van der Waals surface area (Å²) < 4.78 is 20.0. The number of fused-ring (bicyclic) bond motifs is 3. The van der Waals surface area contributed by atoms with Crippen LogP contribution < -0.4 is 5.46 Å². The maximum absolute atomic E-state index is 12.4. The zero-order chi connectivity index (χ0) is 28.8. The highest BCUT2D eigenvalue weighted by atomic mass is 32.1. The number of aryl methyl sites for hydroxylation is 2. The molecule has 8 nitrogen and oxygen atoms in total. The summed E-state index contributed by atoms with van der Waals surface area (Å²) in [6.45, 7) is 15.7. The summed E-state index contributed by atoms with van der Waals surface area (Å²) in [5, 5.41) is 9.81. The van der Waals surface area contributed by atoms with Crippen LogP contribution in [0, 0.1) is 26.2 Å². The summed E-state index contributed by atoms with van der Waals surface area (Å²) >= 11 is 1.69. The second-order valence-electron chi connectivity index (χ2n) is 12.0. The van der Waals surface area contributed by atoms with Gasteiger partial charge in [-0.2, -0.15) is 0 Å². The van der Waals surface area contributed by atoms with Gasteiger partial charge in [-0.3, -0.25) is 14.4 Å². The van der Waals surface area contributed by atoms with Crippen molar-refractivity contribution in [2.75, 3.05) is 13.7 Å². The lowest BCUT2D eigenvalue weighted by Crippen LogP contribution is -2.50. The van der Waals surface area contributed by atoms with Gasteiger partial charge in [0.1, 0.15) is 16.9 Å². The minimum Gasteiger partial charge on any atom is -0.469 e. The average Bonchev–Trinajstić information content (AvgIpc) is 3.40. The Labute approximate surface area is 241 Å². The molecule has 0 radical (unpaired) electrons. The molecule has 0 saturated carbocycles. The highest BCUT2D eigenvalue weighted by molar-refractivity contribution is 7.15. The molecule has 0 bridgehead atoms. The minimum atomic E-state index is -0.522. The highest BCUT2D eigenvalue weighted by Crippen LogP contribution is 2.41. The number of aromatic nitrogens is 3. The summed E-state index contributed by atoms with van der Waals surface area (Å²) in [6, 6.07) is 7.78. The zero-order valence-electron chi connectivity index (χ0n) is 24.8. The van der Waals surface area contributed by atoms with Gasteiger partial charge in [-0.15, -0.1) is 21.5 Å². The molecule has 3 aromatic rings. The van der Waals surface area contributed by atoms with Crippen LogP contribution in [-0.4, -0.2) is 52.9 Å². The molecule has 40 heavy (non-hydrogen) atoms. The first-order valence-corrected chi connectivity index (χ1v) is 14.8. The van der Waals surface area contributed by atoms with Crippen molar-refractivity contribution in [2.24, 2.45) is 10.4 Å². The first kappa shape index (κ1) is 28.7. The number of hydrogen-bond donors (Lipinski definition) is 0. The number of ether oxygens (including phenoxy) is 1. The quantitative estimate of drug-likeness (QED) is 0.312. The number of nitrogens with zero attached hydrogens (tertiary/aromatic N) is 4. The van der Waals surface area contributed by atoms with Crippen LogP contribution in [-0.2, 0) is 18.8 Å². The first-order valence-electron chi connectivity index (χ1n) is 14.0. The standard InChI is InChI=1S/C30H39BN4O4S/c1-18-19(2)40-28-25(18)26(32-23(17-24(36)37-8)27-34-33-20(3)35(27)28)21-11-13-22(14-12-21)31-38-16-10-9-15-29(4,5)30(6,7)39-31/h11-14,23H,9-10,15-17H2,1-8H3/t23-/m0/s1. The molecule has 1 aromatic carbocycles. The molecule has 2 aliphatic rings. The molecule has 0 amide bonds. The molecule has 0 aliphatic carbocycles. The first-order chi connectivity index (χ1) is 18.9. The molecule has 0 unspecified atom stereocenters. The largest absolute Gasteiger partial charge is 0.494 e. The van der Waals surface area contributed by atoms with E-state index in [9.17, 15) is 4.79 Å². The van der Waals surface area contributed by atoms with Gasteiger partial charge in [0.15, 0.2) is 5.82 Å². The second kappa shape index (κ2) is 10.9. The van der Waals surface area contributed by atoms with Crippen LogP contribution in [0.5, 0.6) is 0 Å². The van der Waals surface area contributed by atoms with Crippen LogP contribution in [0.15, 0.2) is 29.3 Å². The number of hydrogen-bond acceptors (Lipinski definition) is 8. The van der Waals surface area contributed by atoms with E-state index in [-0.39, 0.29) is 23.4 Å². The van der Waals surface area contributed by atoms with Crippen LogP contribution in [0.3, 0.4) is 0 Å². The van der Waals surface area contributed by atoms with Gasteiger partial charge in [0.2, 0.25) is 0 Å². The molecule has 10 heteroatoms. The molecule has 2 aliphatic heterocycles. The molecule has 0 N–H and O–H groups in total. The van der Waals surface area contributed by atoms with Gasteiger partial charge in [-0.25, -0.2) is 0 Å². The summed E-state index contributed by atoms with van der Waals surface area (Å²) in [5.74, 6) is 1.07. The third kappa shape index (κ3) is 5.17. The number of aliphatic imine (C=N–C) groups is 1. The van der Waals surface area contributed by atoms with Gasteiger partial charge < -0.3 is 14.0 Å². The number of esters is 1. The Morgan fingerprint density at radius 2 is 1.85 bits per heavy atom. The zero-order valence-corrected chi connectivity index (χ0v) is 25.6. The molecule has 1 atom stereocenters. The van der Waals surface area contributed by atoms with Gasteiger partial charge in [-0.05, 0) is 63.9 Å². The predicted octanol–water partition coefficient (Wildman–Crippen LogP) is 5.43. The third-order valence-corrected chi connectivity index (χ3v) is 9.97. The Balaban J connectivity index is 1.57. The Hall–Kier alpha value is -2.82. The Kier molecular flexibility index (Phi) is 7.80. The number of rotatable bonds is 4. The fraction of sp³-hybridized carbons (Fsp3) is 0.533. The SMILES string of the molecule is COC(=O)C[C@@H]1N=C(c2ccc(B3OCCCCC(C)(C)C(C)(C)O3)cc2)c2c(sc(C)c2C)-n2c(C)nnc21. The van der Waals surface area contributed by atoms with Gasteiger partial charge in [-0.1, -0.05) is 44.5 Å². The molecule has 0 spiro atoms. The molecule has 4 heterocycles. The topological polar surface area (TPSA) is 87.8 Å². The van der Waals surface area contributed by atoms with E-state index in [2.05, 4.69) is 76.0 Å². The van der Waals surface area contributed by atoms with Crippen molar-refractivity contribution in [3.05, 3.63) is 57.5 Å². The van der Waals surface area contributed by atoms with Crippen molar-refractivity contribution in [3.63, 3.8) is 0 Å². The van der Waals surface area contributed by atoms with Crippen LogP contribution in [0.2, 0.25) is 0 Å². The van der Waals surface area contributed by atoms with E-state index in [1.54, 1.807) is 11.3 Å². The fourth-order valence-corrected chi connectivity index (χ4v) is 6.56. The Morgan fingerprint density at radius 1 is 1.12 bits per heavy atom. The smallest absolute Gasteiger partial charge is 0.469 e. The normalized spacial score (nSPS) is 20.4. The van der Waals surface area contributed by atoms with Crippen LogP contribution in [0.4, 0.5) is 0 Å². The van der Waals surface area contributed by atoms with Gasteiger partial charge in [0.25, 0.3) is 0 Å². The van der Waals surface area contributed by atoms with Gasteiger partial charge >= 0.3 is 13.1 Å². The second-order valence-corrected chi connectivity index (χ2v) is 13.2. The summed E-state index contributed by atoms with van der Waals surface area (Å²) in [5.41, 5.74) is 4.63. The van der Waals surface area contributed by atoms with Crippen molar-refractivity contribution in [3.8, 4) is 5.00 Å². The van der Waals surface area contributed by atoms with Crippen molar-refractivity contribution in [1.29, 1.82) is 0 Å². The number of benzene rings is 1. The van der Waals surface area contributed by atoms with Crippen molar-refractivity contribution in [2.45, 2.75) is 85.8 Å². The summed E-state index contributed by atoms with van der Waals surface area (Å²) in [7, 11) is 0.941. The highest BCUT2D eigenvalue weighted by Gasteiger charge is 2.42. The summed E-state index contributed by atoms with van der Waals surface area (Å²) in [6.07, 6.45) is 3.30. The maximum atomic E-state index is 12.4. The lowest BCUT2D eigenvalue weighted by Gasteiger charge is -2.42. The molecule has 1 fully saturated rings. The van der Waals surface area contributed by atoms with Gasteiger partial charge in [0, 0.05) is 22.6 Å². The third-order valence-electron chi connectivity index (χ3n) is 8.78. The molecule has 2 aromatic heterocycles. The van der Waals surface area contributed by atoms with E-state index in [1.807, 2.05) is 11.5 Å². The van der Waals surface area contributed by atoms with E-state index in [1.165, 1.54) is 12.0 Å². The van der Waals surface area contributed by atoms with Crippen LogP contribution in [0.25, 0.3) is 5.00 Å². The Morgan fingerprint density at radius 3 is 2.55 bits per heavy atom. The molecular formula is C30H39BN4O4S. The van der Waals surface area contributed by atoms with E-state index < -0.39 is 13.2 Å². The van der Waals surface area contributed by atoms with E-state index >= 15 is 0 Å².